The van der Waals surface area contributed by atoms with Gasteiger partial charge in [0.25, 0.3) is 0 Å². The summed E-state index contributed by atoms with van der Waals surface area (Å²) in [6, 6.07) is 21.2. The van der Waals surface area contributed by atoms with Crippen LogP contribution in [0.1, 0.15) is 90.9 Å². The summed E-state index contributed by atoms with van der Waals surface area (Å²) >= 11 is 0. The summed E-state index contributed by atoms with van der Waals surface area (Å²) in [6.45, 7) is 5.22. The van der Waals surface area contributed by atoms with Crippen LogP contribution in [0.15, 0.2) is 78.4 Å². The number of carbonyl (C=O) groups is 2. The molecule has 7 nitrogen and oxygen atoms in total. The molecule has 7 heteroatoms. The zero-order chi connectivity index (χ0) is 32.5. The van der Waals surface area contributed by atoms with Gasteiger partial charge in [-0.1, -0.05) is 61.0 Å². The molecule has 46 heavy (non-hydrogen) atoms. The molecule has 4 aliphatic rings. The van der Waals surface area contributed by atoms with Gasteiger partial charge in [-0.25, -0.2) is 4.79 Å². The van der Waals surface area contributed by atoms with E-state index in [0.29, 0.717) is 55.0 Å². The summed E-state index contributed by atoms with van der Waals surface area (Å²) in [5, 5.41) is 10.9. The zero-order valence-electron chi connectivity index (χ0n) is 27.4. The highest BCUT2D eigenvalue weighted by molar-refractivity contribution is 6.10. The van der Waals surface area contributed by atoms with E-state index in [9.17, 15) is 14.7 Å². The predicted octanol–water partition coefficient (Wildman–Crippen LogP) is 7.63. The maximum atomic E-state index is 14.2. The number of ether oxygens (including phenoxy) is 3. The predicted molar refractivity (Wildman–Crippen MR) is 178 cm³/mol. The Morgan fingerprint density at radius 2 is 1.83 bits per heavy atom. The third-order valence-electron chi connectivity index (χ3n) is 10.8. The van der Waals surface area contributed by atoms with Crippen LogP contribution in [-0.2, 0) is 17.7 Å². The third-order valence-corrected chi connectivity index (χ3v) is 10.8. The molecule has 1 saturated carbocycles. The molecular formula is C39H45NO6. The molecule has 242 valence electrons. The Bertz CT molecular complexity index is 1630. The minimum absolute atomic E-state index is 0.00550. The van der Waals surface area contributed by atoms with E-state index in [1.54, 1.807) is 19.1 Å². The van der Waals surface area contributed by atoms with Crippen molar-refractivity contribution in [3.8, 4) is 11.5 Å². The van der Waals surface area contributed by atoms with E-state index in [1.165, 1.54) is 5.57 Å². The van der Waals surface area contributed by atoms with E-state index in [-0.39, 0.29) is 17.8 Å². The molecule has 2 bridgehead atoms. The highest BCUT2D eigenvalue weighted by Gasteiger charge is 2.64. The maximum Gasteiger partial charge on any atom is 0.410 e. The highest BCUT2D eigenvalue weighted by Crippen LogP contribution is 2.62. The zero-order valence-corrected chi connectivity index (χ0v) is 27.4. The lowest BCUT2D eigenvalue weighted by Gasteiger charge is -2.43. The quantitative estimate of drug-likeness (QED) is 0.225. The Morgan fingerprint density at radius 3 is 2.59 bits per heavy atom. The molecular weight excluding hydrogens is 578 g/mol. The number of nitrogens with zero attached hydrogens (tertiary/aromatic N) is 1. The van der Waals surface area contributed by atoms with Crippen LogP contribution in [0.25, 0.3) is 0 Å². The lowest BCUT2D eigenvalue weighted by molar-refractivity contribution is -0.0373. The van der Waals surface area contributed by atoms with Crippen molar-refractivity contribution in [2.45, 2.75) is 83.0 Å². The number of amides is 1. The second-order valence-corrected chi connectivity index (χ2v) is 13.5. The van der Waals surface area contributed by atoms with Crippen molar-refractivity contribution >= 4 is 11.9 Å². The van der Waals surface area contributed by atoms with Gasteiger partial charge in [-0.2, -0.15) is 0 Å². The Labute approximate surface area is 272 Å². The van der Waals surface area contributed by atoms with Crippen molar-refractivity contribution in [1.82, 2.24) is 4.90 Å². The van der Waals surface area contributed by atoms with Gasteiger partial charge in [-0.15, -0.1) is 0 Å². The average Bonchev–Trinajstić information content (AvgIpc) is 3.53. The van der Waals surface area contributed by atoms with Gasteiger partial charge in [0.05, 0.1) is 33.4 Å². The molecule has 3 aromatic carbocycles. The van der Waals surface area contributed by atoms with Crippen LogP contribution in [0, 0.1) is 5.41 Å². The fraction of sp³-hybridized carbons (Fsp3) is 0.436. The van der Waals surface area contributed by atoms with Crippen LogP contribution in [0.4, 0.5) is 4.79 Å². The smallest absolute Gasteiger partial charge is 0.410 e. The van der Waals surface area contributed by atoms with Crippen LogP contribution in [0.2, 0.25) is 0 Å². The van der Waals surface area contributed by atoms with Crippen molar-refractivity contribution in [3.63, 3.8) is 0 Å². The molecule has 4 atom stereocenters. The van der Waals surface area contributed by atoms with Crippen LogP contribution in [0.5, 0.6) is 11.5 Å². The van der Waals surface area contributed by atoms with Gasteiger partial charge in [0, 0.05) is 28.2 Å². The van der Waals surface area contributed by atoms with Crippen LogP contribution < -0.4 is 9.47 Å². The van der Waals surface area contributed by atoms with E-state index in [1.807, 2.05) is 54.6 Å². The van der Waals surface area contributed by atoms with Crippen molar-refractivity contribution in [3.05, 3.63) is 106 Å². The van der Waals surface area contributed by atoms with E-state index >= 15 is 0 Å². The van der Waals surface area contributed by atoms with E-state index in [2.05, 4.69) is 32.1 Å². The molecule has 3 aliphatic carbocycles. The van der Waals surface area contributed by atoms with Crippen LogP contribution >= 0.6 is 0 Å². The lowest BCUT2D eigenvalue weighted by atomic mass is 9.64. The Balaban J connectivity index is 1.40. The number of ketones is 1. The van der Waals surface area contributed by atoms with E-state index < -0.39 is 17.1 Å². The second kappa shape index (κ2) is 13.0. The molecule has 7 rings (SSSR count). The Kier molecular flexibility index (Phi) is 8.97. The van der Waals surface area contributed by atoms with Gasteiger partial charge in [0.15, 0.2) is 5.78 Å². The lowest BCUT2D eigenvalue weighted by Crippen LogP contribution is -2.48. The Hall–Kier alpha value is -4.10. The summed E-state index contributed by atoms with van der Waals surface area (Å²) in [6.07, 6.45) is 6.56. The number of hydrogen-bond acceptors (Lipinski definition) is 6. The fourth-order valence-electron chi connectivity index (χ4n) is 8.04. The molecule has 1 N–H and O–H groups in total. The monoisotopic (exact) mass is 623 g/mol. The molecule has 1 saturated heterocycles. The Morgan fingerprint density at radius 1 is 1.02 bits per heavy atom. The maximum absolute atomic E-state index is 14.2. The first kappa shape index (κ1) is 31.9. The van der Waals surface area contributed by atoms with Gasteiger partial charge < -0.3 is 19.3 Å². The topological polar surface area (TPSA) is 85.3 Å². The van der Waals surface area contributed by atoms with Gasteiger partial charge >= 0.3 is 6.09 Å². The molecule has 1 aliphatic heterocycles. The molecule has 2 fully saturated rings. The number of allylic oxidation sites excluding steroid dienone is 2. The van der Waals surface area contributed by atoms with E-state index in [0.717, 1.165) is 42.4 Å². The number of aliphatic hydroxyl groups excluding tert-OH is 1. The molecule has 1 spiro atoms. The number of fused-ring (bicyclic) bond motifs is 8. The third kappa shape index (κ3) is 5.93. The molecule has 0 unspecified atom stereocenters. The number of rotatable bonds is 6. The number of aliphatic hydroxyl groups is 1. The standard InChI is InChI=1S/C39H45NO6/c1-26-9-8-19-38(2)34(18-20-39(38)25-40(37(43)46-39)24-29-14-16-31(44-3)23-35(29)45-4)32-17-13-27(21-30(41)15-12-26)22-33(32)36(42)28-10-6-5-7-11-28/h5-7,9-11,13-14,16-17,22-23,30,34,41H,8,12,15,18-21,24-25H2,1-4H3/t30-,34-,38-,39+/m0/s1. The second-order valence-electron chi connectivity index (χ2n) is 13.5. The van der Waals surface area contributed by atoms with Crippen molar-refractivity contribution in [2.75, 3.05) is 20.8 Å². The highest BCUT2D eigenvalue weighted by atomic mass is 16.6. The summed E-state index contributed by atoms with van der Waals surface area (Å²) in [4.78, 5) is 29.6. The summed E-state index contributed by atoms with van der Waals surface area (Å²) < 4.78 is 17.5. The first-order chi connectivity index (χ1) is 22.2. The van der Waals surface area contributed by atoms with E-state index in [4.69, 9.17) is 14.2 Å². The fourth-order valence-corrected chi connectivity index (χ4v) is 8.04. The molecule has 1 heterocycles. The summed E-state index contributed by atoms with van der Waals surface area (Å²) in [5.41, 5.74) is 4.26. The van der Waals surface area contributed by atoms with Gasteiger partial charge in [-0.05, 0) is 87.1 Å². The first-order valence-electron chi connectivity index (χ1n) is 16.4. The minimum atomic E-state index is -0.713. The van der Waals surface area contributed by atoms with Gasteiger partial charge in [0.2, 0.25) is 0 Å². The summed E-state index contributed by atoms with van der Waals surface area (Å²) in [5.74, 6) is 1.33. The van der Waals surface area contributed by atoms with Crippen LogP contribution in [0.3, 0.4) is 0 Å². The number of methoxy groups -OCH3 is 2. The molecule has 0 aromatic heterocycles. The molecule has 0 radical (unpaired) electrons. The normalized spacial score (nSPS) is 26.3. The largest absolute Gasteiger partial charge is 0.497 e. The SMILES string of the molecule is COc1ccc(CN2C[C@@]3(CC[C@H]4c5ccc(cc5C(=O)c5ccccc5)C[C@@H](O)CCC(C)=CCC[C@@]43C)OC2=O)c(OC)c1. The first-order valence-corrected chi connectivity index (χ1v) is 16.4. The van der Waals surface area contributed by atoms with Gasteiger partial charge in [-0.3, -0.25) is 9.69 Å². The summed E-state index contributed by atoms with van der Waals surface area (Å²) in [7, 11) is 3.24. The van der Waals surface area contributed by atoms with Crippen molar-refractivity contribution < 1.29 is 28.9 Å². The minimum Gasteiger partial charge on any atom is -0.497 e. The van der Waals surface area contributed by atoms with Crippen molar-refractivity contribution in [1.29, 1.82) is 0 Å². The number of carbonyl (C=O) groups excluding carboxylic acids is 2. The number of hydrogen-bond donors (Lipinski definition) is 1. The molecule has 1 amide bonds. The average molecular weight is 624 g/mol. The van der Waals surface area contributed by atoms with Gasteiger partial charge in [0.1, 0.15) is 17.1 Å². The van der Waals surface area contributed by atoms with Crippen molar-refractivity contribution in [2.24, 2.45) is 5.41 Å². The molecule has 3 aromatic rings. The van der Waals surface area contributed by atoms with Crippen LogP contribution in [-0.4, -0.2) is 54.4 Å². The number of benzene rings is 3.